The topological polar surface area (TPSA) is 72.2 Å². The second kappa shape index (κ2) is 8.59. The molecule has 0 unspecified atom stereocenters. The highest BCUT2D eigenvalue weighted by Gasteiger charge is 2.26. The predicted octanol–water partition coefficient (Wildman–Crippen LogP) is 1.66. The van der Waals surface area contributed by atoms with Gasteiger partial charge in [-0.05, 0) is 51.2 Å². The van der Waals surface area contributed by atoms with Gasteiger partial charge in [0.1, 0.15) is 0 Å². The summed E-state index contributed by atoms with van der Waals surface area (Å²) in [6, 6.07) is -0.404. The lowest BCUT2D eigenvalue weighted by atomic mass is 10.0. The molecule has 1 aliphatic rings. The molecule has 4 nitrogen and oxygen atoms in total. The van der Waals surface area contributed by atoms with Crippen molar-refractivity contribution in [2.75, 3.05) is 19.1 Å². The lowest BCUT2D eigenvalue weighted by Gasteiger charge is -2.19. The van der Waals surface area contributed by atoms with E-state index >= 15 is 0 Å². The fourth-order valence-corrected chi connectivity index (χ4v) is 3.45. The first-order valence-electron chi connectivity index (χ1n) is 7.79. The Bertz CT molecular complexity index is 465. The minimum Gasteiger partial charge on any atom is -0.346 e. The van der Waals surface area contributed by atoms with E-state index in [0.717, 1.165) is 38.5 Å². The van der Waals surface area contributed by atoms with Gasteiger partial charge in [0, 0.05) is 11.3 Å². The Morgan fingerprint density at radius 2 is 1.95 bits per heavy atom. The van der Waals surface area contributed by atoms with Crippen LogP contribution in [0.2, 0.25) is 0 Å². The van der Waals surface area contributed by atoms with Crippen molar-refractivity contribution in [2.24, 2.45) is 11.7 Å². The third-order valence-electron chi connectivity index (χ3n) is 3.77. The molecular formula is C16H30N2O2S. The van der Waals surface area contributed by atoms with E-state index in [-0.39, 0.29) is 17.6 Å². The zero-order chi connectivity index (χ0) is 15.9. The Morgan fingerprint density at radius 1 is 1.33 bits per heavy atom. The normalized spacial score (nSPS) is 17.5. The van der Waals surface area contributed by atoms with E-state index in [9.17, 15) is 9.59 Å². The lowest BCUT2D eigenvalue weighted by molar-refractivity contribution is -0.128. The Morgan fingerprint density at radius 3 is 2.48 bits per heavy atom. The molecule has 1 aliphatic carbocycles. The average molecular weight is 314 g/mol. The minimum atomic E-state index is -1.25. The van der Waals surface area contributed by atoms with E-state index < -0.39 is 15.2 Å². The first-order valence-corrected chi connectivity index (χ1v) is 10.5. The van der Waals surface area contributed by atoms with Crippen molar-refractivity contribution >= 4 is 32.1 Å². The van der Waals surface area contributed by atoms with E-state index in [4.69, 9.17) is 5.73 Å². The summed E-state index contributed by atoms with van der Waals surface area (Å²) in [5.41, 5.74) is 5.51. The SMILES string of the molecule is C=S(C)(C)=CC(=O)[C@H](CCCCN)NC(=O)C1CCCC1. The minimum absolute atomic E-state index is 0.00775. The molecule has 0 radical (unpaired) electrons. The van der Waals surface area contributed by atoms with Gasteiger partial charge in [0.2, 0.25) is 5.91 Å². The van der Waals surface area contributed by atoms with Crippen LogP contribution in [0.4, 0.5) is 0 Å². The summed E-state index contributed by atoms with van der Waals surface area (Å²) >= 11 is 0. The summed E-state index contributed by atoms with van der Waals surface area (Å²) in [5, 5.41) is 4.67. The maximum absolute atomic E-state index is 12.4. The van der Waals surface area contributed by atoms with Crippen molar-refractivity contribution in [1.29, 1.82) is 0 Å². The molecule has 122 valence electrons. The lowest BCUT2D eigenvalue weighted by Crippen LogP contribution is -2.43. The van der Waals surface area contributed by atoms with Crippen LogP contribution < -0.4 is 11.1 Å². The van der Waals surface area contributed by atoms with Crippen LogP contribution in [0.5, 0.6) is 0 Å². The summed E-state index contributed by atoms with van der Waals surface area (Å²) in [4.78, 5) is 24.6. The van der Waals surface area contributed by atoms with Gasteiger partial charge in [-0.15, -0.1) is 0 Å². The first kappa shape index (κ1) is 18.2. The molecule has 0 saturated heterocycles. The number of hydrogen-bond acceptors (Lipinski definition) is 3. The molecule has 1 amide bonds. The average Bonchev–Trinajstić information content (AvgIpc) is 2.89. The van der Waals surface area contributed by atoms with Gasteiger partial charge in [0.05, 0.1) is 6.04 Å². The maximum atomic E-state index is 12.4. The second-order valence-electron chi connectivity index (χ2n) is 6.47. The number of unbranched alkanes of at least 4 members (excludes halogenated alkanes) is 1. The highest BCUT2D eigenvalue weighted by atomic mass is 32.2. The van der Waals surface area contributed by atoms with E-state index in [1.54, 1.807) is 5.37 Å². The summed E-state index contributed by atoms with van der Waals surface area (Å²) in [7, 11) is -1.25. The van der Waals surface area contributed by atoms with Crippen LogP contribution >= 0.6 is 9.21 Å². The molecule has 0 aromatic rings. The molecule has 0 spiro atoms. The van der Waals surface area contributed by atoms with Gasteiger partial charge in [-0.25, -0.2) is 9.21 Å². The quantitative estimate of drug-likeness (QED) is 0.529. The molecule has 1 saturated carbocycles. The Balaban J connectivity index is 2.69. The fraction of sp³-hybridized carbons (Fsp3) is 0.750. The van der Waals surface area contributed by atoms with Gasteiger partial charge in [-0.1, -0.05) is 18.7 Å². The van der Waals surface area contributed by atoms with E-state index in [1.807, 2.05) is 12.5 Å². The molecule has 0 aromatic heterocycles. The monoisotopic (exact) mass is 314 g/mol. The van der Waals surface area contributed by atoms with Gasteiger partial charge in [0.25, 0.3) is 0 Å². The second-order valence-corrected chi connectivity index (χ2v) is 9.95. The van der Waals surface area contributed by atoms with E-state index in [2.05, 4.69) is 11.2 Å². The maximum Gasteiger partial charge on any atom is 0.223 e. The number of amides is 1. The van der Waals surface area contributed by atoms with Gasteiger partial charge in [-0.3, -0.25) is 9.59 Å². The number of carbonyl (C=O) groups is 2. The van der Waals surface area contributed by atoms with Crippen molar-refractivity contribution in [2.45, 2.75) is 51.0 Å². The van der Waals surface area contributed by atoms with Crippen LogP contribution in [0.25, 0.3) is 0 Å². The molecule has 0 aromatic carbocycles. The summed E-state index contributed by atoms with van der Waals surface area (Å²) < 4.78 is 0. The van der Waals surface area contributed by atoms with Crippen LogP contribution in [0.1, 0.15) is 44.9 Å². The molecule has 5 heteroatoms. The third kappa shape index (κ3) is 7.14. The van der Waals surface area contributed by atoms with Crippen molar-refractivity contribution in [3.8, 4) is 0 Å². The van der Waals surface area contributed by atoms with Crippen molar-refractivity contribution in [1.82, 2.24) is 5.32 Å². The molecule has 0 aliphatic heterocycles. The first-order chi connectivity index (χ1) is 9.83. The zero-order valence-electron chi connectivity index (χ0n) is 13.4. The van der Waals surface area contributed by atoms with Crippen LogP contribution in [0.15, 0.2) is 0 Å². The van der Waals surface area contributed by atoms with Gasteiger partial charge >= 0.3 is 0 Å². The van der Waals surface area contributed by atoms with Crippen molar-refractivity contribution < 1.29 is 9.59 Å². The number of rotatable bonds is 8. The van der Waals surface area contributed by atoms with Gasteiger partial charge in [0.15, 0.2) is 5.78 Å². The molecule has 0 bridgehead atoms. The molecule has 21 heavy (non-hydrogen) atoms. The number of Topliss-reactive ketones (excluding diaryl/α,β-unsaturated/α-hetero) is 1. The molecule has 0 heterocycles. The van der Waals surface area contributed by atoms with Gasteiger partial charge in [-0.2, -0.15) is 0 Å². The Labute approximate surface area is 129 Å². The molecule has 3 N–H and O–H groups in total. The van der Waals surface area contributed by atoms with Crippen molar-refractivity contribution in [3.63, 3.8) is 0 Å². The number of carbonyl (C=O) groups excluding carboxylic acids is 2. The molecule has 1 rings (SSSR count). The van der Waals surface area contributed by atoms with Crippen LogP contribution in [0.3, 0.4) is 0 Å². The highest BCUT2D eigenvalue weighted by molar-refractivity contribution is 8.28. The summed E-state index contributed by atoms with van der Waals surface area (Å²) in [6.45, 7) is 0.618. The zero-order valence-corrected chi connectivity index (χ0v) is 14.2. The number of nitrogens with two attached hydrogens (primary N) is 1. The summed E-state index contributed by atoms with van der Waals surface area (Å²) in [6.07, 6.45) is 10.5. The Kier molecular flexibility index (Phi) is 7.46. The van der Waals surface area contributed by atoms with Crippen LogP contribution in [0, 0.1) is 5.92 Å². The standard InChI is InChI=1S/C16H30N2O2S/c1-21(2,3)12-15(19)14(10-6-7-11-17)18-16(20)13-8-4-5-9-13/h12-14H,1,4-11,17H2,2-3H3,(H,18,20)/t14-/m0/s1. The Hall–Kier alpha value is -0.810. The van der Waals surface area contributed by atoms with Crippen LogP contribution in [-0.2, 0) is 9.59 Å². The largest absolute Gasteiger partial charge is 0.346 e. The predicted molar refractivity (Wildman–Crippen MR) is 94.4 cm³/mol. The molecular weight excluding hydrogens is 284 g/mol. The molecule has 1 fully saturated rings. The number of ketones is 1. The van der Waals surface area contributed by atoms with Gasteiger partial charge < -0.3 is 11.1 Å². The smallest absolute Gasteiger partial charge is 0.223 e. The molecule has 1 atom stereocenters. The number of nitrogens with one attached hydrogen (secondary N) is 1. The fourth-order valence-electron chi connectivity index (χ4n) is 2.65. The summed E-state index contributed by atoms with van der Waals surface area (Å²) in [5.74, 6) is 4.17. The van der Waals surface area contributed by atoms with E-state index in [0.29, 0.717) is 13.0 Å². The van der Waals surface area contributed by atoms with Crippen molar-refractivity contribution in [3.05, 3.63) is 0 Å². The van der Waals surface area contributed by atoms with Crippen LogP contribution in [-0.4, -0.2) is 48.0 Å². The highest BCUT2D eigenvalue weighted by Crippen LogP contribution is 2.25. The third-order valence-corrected chi connectivity index (χ3v) is 4.64. The van der Waals surface area contributed by atoms with E-state index in [1.165, 1.54) is 0 Å². The number of hydrogen-bond donors (Lipinski definition) is 2.